The number of allylic oxidation sites excluding steroid dienone is 1. The van der Waals surface area contributed by atoms with Crippen LogP contribution in [0.5, 0.6) is 0 Å². The standard InChI is InChI=1S/C18H27NO2/c1-6-13-17(2,3)19(21)18(4,5)14-12-16(20)15-10-8-7-9-11-15/h7-12,14,21H,6,13H2,1-5H3/b14-12-. The van der Waals surface area contributed by atoms with E-state index in [9.17, 15) is 10.0 Å². The van der Waals surface area contributed by atoms with Crippen molar-refractivity contribution in [1.82, 2.24) is 5.06 Å². The minimum atomic E-state index is -0.608. The molecule has 0 aliphatic heterocycles. The normalized spacial score (nSPS) is 13.1. The number of ketones is 1. The summed E-state index contributed by atoms with van der Waals surface area (Å²) in [5.41, 5.74) is -0.288. The fourth-order valence-corrected chi connectivity index (χ4v) is 2.55. The topological polar surface area (TPSA) is 40.5 Å². The molecule has 0 atom stereocenters. The van der Waals surface area contributed by atoms with Gasteiger partial charge in [-0.05, 0) is 40.2 Å². The van der Waals surface area contributed by atoms with Gasteiger partial charge in [-0.1, -0.05) is 49.8 Å². The number of hydrogen-bond donors (Lipinski definition) is 1. The third kappa shape index (κ3) is 4.80. The van der Waals surface area contributed by atoms with Crippen molar-refractivity contribution in [2.45, 2.75) is 58.5 Å². The molecule has 1 aromatic carbocycles. The Bertz CT molecular complexity index is 489. The molecule has 21 heavy (non-hydrogen) atoms. The van der Waals surface area contributed by atoms with Gasteiger partial charge < -0.3 is 5.21 Å². The first kappa shape index (κ1) is 17.6. The lowest BCUT2D eigenvalue weighted by Gasteiger charge is -2.42. The largest absolute Gasteiger partial charge is 0.313 e. The van der Waals surface area contributed by atoms with Crippen LogP contribution in [0, 0.1) is 0 Å². The van der Waals surface area contributed by atoms with Crippen molar-refractivity contribution in [3.63, 3.8) is 0 Å². The highest BCUT2D eigenvalue weighted by Gasteiger charge is 2.34. The van der Waals surface area contributed by atoms with Crippen LogP contribution in [0.1, 0.15) is 57.8 Å². The molecule has 0 aliphatic carbocycles. The molecule has 116 valence electrons. The van der Waals surface area contributed by atoms with Crippen LogP contribution in [0.25, 0.3) is 0 Å². The highest BCUT2D eigenvalue weighted by Crippen LogP contribution is 2.27. The Morgan fingerprint density at radius 2 is 1.76 bits per heavy atom. The molecule has 3 heteroatoms. The smallest absolute Gasteiger partial charge is 0.185 e. The van der Waals surface area contributed by atoms with Gasteiger partial charge in [0, 0.05) is 11.1 Å². The highest BCUT2D eigenvalue weighted by atomic mass is 16.5. The maximum atomic E-state index is 12.1. The summed E-state index contributed by atoms with van der Waals surface area (Å²) in [5.74, 6) is -0.0506. The van der Waals surface area contributed by atoms with E-state index in [4.69, 9.17) is 0 Å². The molecule has 0 saturated carbocycles. The number of hydrogen-bond acceptors (Lipinski definition) is 3. The lowest BCUT2D eigenvalue weighted by atomic mass is 9.92. The number of rotatable bonds is 7. The summed E-state index contributed by atoms with van der Waals surface area (Å²) in [6.45, 7) is 9.91. The summed E-state index contributed by atoms with van der Waals surface area (Å²) in [5, 5.41) is 11.8. The maximum absolute atomic E-state index is 12.1. The molecule has 1 aromatic rings. The second kappa shape index (κ2) is 7.01. The Labute approximate surface area is 128 Å². The number of benzene rings is 1. The van der Waals surface area contributed by atoms with Crippen LogP contribution in [0.15, 0.2) is 42.5 Å². The van der Waals surface area contributed by atoms with E-state index in [-0.39, 0.29) is 11.3 Å². The average molecular weight is 289 g/mol. The molecule has 3 nitrogen and oxygen atoms in total. The zero-order chi connectivity index (χ0) is 16.1. The van der Waals surface area contributed by atoms with Crippen LogP contribution < -0.4 is 0 Å². The van der Waals surface area contributed by atoms with Crippen LogP contribution in [-0.4, -0.2) is 27.1 Å². The van der Waals surface area contributed by atoms with Gasteiger partial charge in [0.05, 0.1) is 5.54 Å². The Kier molecular flexibility index (Phi) is 5.87. The van der Waals surface area contributed by atoms with E-state index < -0.39 is 5.54 Å². The lowest BCUT2D eigenvalue weighted by Crippen LogP contribution is -2.52. The van der Waals surface area contributed by atoms with Gasteiger partial charge in [-0.25, -0.2) is 0 Å². The molecule has 1 rings (SSSR count). The SMILES string of the molecule is CCCC(C)(C)N(O)C(C)(C)/C=C\C(=O)c1ccccc1. The zero-order valence-corrected chi connectivity index (χ0v) is 13.8. The van der Waals surface area contributed by atoms with E-state index in [1.165, 1.54) is 5.06 Å². The number of carbonyl (C=O) groups is 1. The van der Waals surface area contributed by atoms with E-state index in [1.54, 1.807) is 24.3 Å². The minimum absolute atomic E-state index is 0.0506. The summed E-state index contributed by atoms with van der Waals surface area (Å²) < 4.78 is 0. The van der Waals surface area contributed by atoms with Crippen LogP contribution in [0.2, 0.25) is 0 Å². The molecule has 0 aromatic heterocycles. The van der Waals surface area contributed by atoms with Crippen molar-refractivity contribution < 1.29 is 10.0 Å². The Balaban J connectivity index is 2.84. The molecule has 0 fully saturated rings. The molecular formula is C18H27NO2. The summed E-state index contributed by atoms with van der Waals surface area (Å²) in [4.78, 5) is 12.1. The lowest BCUT2D eigenvalue weighted by molar-refractivity contribution is -0.210. The first-order chi connectivity index (χ1) is 9.70. The van der Waals surface area contributed by atoms with Crippen molar-refractivity contribution in [2.75, 3.05) is 0 Å². The number of carbonyl (C=O) groups excluding carboxylic acids is 1. The fraction of sp³-hybridized carbons (Fsp3) is 0.500. The Hall–Kier alpha value is -1.45. The second-order valence-electron chi connectivity index (χ2n) is 6.59. The molecule has 0 saturated heterocycles. The Morgan fingerprint density at radius 3 is 2.29 bits per heavy atom. The van der Waals surface area contributed by atoms with Crippen LogP contribution in [0.4, 0.5) is 0 Å². The first-order valence-electron chi connectivity index (χ1n) is 7.48. The van der Waals surface area contributed by atoms with Crippen molar-refractivity contribution in [3.8, 4) is 0 Å². The van der Waals surface area contributed by atoms with Gasteiger partial charge in [-0.2, -0.15) is 5.06 Å². The van der Waals surface area contributed by atoms with Crippen LogP contribution in [0.3, 0.4) is 0 Å². The molecule has 0 aliphatic rings. The molecule has 0 bridgehead atoms. The highest BCUT2D eigenvalue weighted by molar-refractivity contribution is 6.04. The Morgan fingerprint density at radius 1 is 1.19 bits per heavy atom. The third-order valence-electron chi connectivity index (χ3n) is 3.68. The van der Waals surface area contributed by atoms with Gasteiger partial charge >= 0.3 is 0 Å². The zero-order valence-electron chi connectivity index (χ0n) is 13.8. The average Bonchev–Trinajstić information content (AvgIpc) is 2.45. The summed E-state index contributed by atoms with van der Waals surface area (Å²) in [7, 11) is 0. The molecular weight excluding hydrogens is 262 g/mol. The quantitative estimate of drug-likeness (QED) is 0.457. The minimum Gasteiger partial charge on any atom is -0.313 e. The van der Waals surface area contributed by atoms with Crippen LogP contribution in [-0.2, 0) is 0 Å². The summed E-state index contributed by atoms with van der Waals surface area (Å²) >= 11 is 0. The van der Waals surface area contributed by atoms with Gasteiger partial charge in [-0.15, -0.1) is 0 Å². The molecule has 0 radical (unpaired) electrons. The monoisotopic (exact) mass is 289 g/mol. The van der Waals surface area contributed by atoms with Gasteiger partial charge in [0.1, 0.15) is 0 Å². The van der Waals surface area contributed by atoms with Crippen molar-refractivity contribution in [2.24, 2.45) is 0 Å². The van der Waals surface area contributed by atoms with E-state index in [1.807, 2.05) is 45.9 Å². The van der Waals surface area contributed by atoms with Crippen molar-refractivity contribution in [3.05, 3.63) is 48.0 Å². The van der Waals surface area contributed by atoms with Gasteiger partial charge in [-0.3, -0.25) is 4.79 Å². The van der Waals surface area contributed by atoms with E-state index in [2.05, 4.69) is 6.92 Å². The van der Waals surface area contributed by atoms with Gasteiger partial charge in [0.15, 0.2) is 5.78 Å². The van der Waals surface area contributed by atoms with Gasteiger partial charge in [0.2, 0.25) is 0 Å². The molecule has 1 N–H and O–H groups in total. The third-order valence-corrected chi connectivity index (χ3v) is 3.68. The van der Waals surface area contributed by atoms with E-state index >= 15 is 0 Å². The number of nitrogens with zero attached hydrogens (tertiary/aromatic N) is 1. The molecule has 0 heterocycles. The van der Waals surface area contributed by atoms with Crippen LogP contribution >= 0.6 is 0 Å². The summed E-state index contributed by atoms with van der Waals surface area (Å²) in [6, 6.07) is 9.14. The molecule has 0 spiro atoms. The predicted octanol–water partition coefficient (Wildman–Crippen LogP) is 4.47. The fourth-order valence-electron chi connectivity index (χ4n) is 2.55. The maximum Gasteiger partial charge on any atom is 0.185 e. The predicted molar refractivity (Wildman–Crippen MR) is 86.6 cm³/mol. The number of hydroxylamine groups is 2. The van der Waals surface area contributed by atoms with Crippen molar-refractivity contribution in [1.29, 1.82) is 0 Å². The first-order valence-corrected chi connectivity index (χ1v) is 7.48. The van der Waals surface area contributed by atoms with Crippen molar-refractivity contribution >= 4 is 5.78 Å². The van der Waals surface area contributed by atoms with E-state index in [0.717, 1.165) is 12.8 Å². The molecule has 0 amide bonds. The molecule has 0 unspecified atom stereocenters. The van der Waals surface area contributed by atoms with Gasteiger partial charge in [0.25, 0.3) is 0 Å². The van der Waals surface area contributed by atoms with E-state index in [0.29, 0.717) is 5.56 Å². The second-order valence-corrected chi connectivity index (χ2v) is 6.59. The summed E-state index contributed by atoms with van der Waals surface area (Å²) in [6.07, 6.45) is 5.18.